The normalized spacial score (nSPS) is 12.0. The summed E-state index contributed by atoms with van der Waals surface area (Å²) in [4.78, 5) is 15.6. The summed E-state index contributed by atoms with van der Waals surface area (Å²) in [6, 6.07) is 3.30. The molecule has 0 atom stereocenters. The molecule has 0 bridgehead atoms. The average molecular weight is 297 g/mol. The van der Waals surface area contributed by atoms with E-state index >= 15 is 0 Å². The quantitative estimate of drug-likeness (QED) is 0.880. The highest BCUT2D eigenvalue weighted by atomic mass is 79.9. The predicted molar refractivity (Wildman–Crippen MR) is 68.6 cm³/mol. The molecule has 2 aromatic rings. The monoisotopic (exact) mass is 296 g/mol. The summed E-state index contributed by atoms with van der Waals surface area (Å²) in [6.07, 6.45) is 1.83. The number of fused-ring (bicyclic) bond motifs is 1. The van der Waals surface area contributed by atoms with Gasteiger partial charge >= 0.3 is 5.97 Å². The Balaban J connectivity index is 2.87. The van der Waals surface area contributed by atoms with Crippen molar-refractivity contribution in [1.29, 1.82) is 0 Å². The van der Waals surface area contributed by atoms with Crippen molar-refractivity contribution in [2.75, 3.05) is 0 Å². The Morgan fingerprint density at radius 3 is 2.65 bits per heavy atom. The number of aromatic carboxylic acids is 1. The van der Waals surface area contributed by atoms with E-state index < -0.39 is 5.97 Å². The fourth-order valence-corrected chi connectivity index (χ4v) is 2.37. The fourth-order valence-electron chi connectivity index (χ4n) is 1.80. The lowest BCUT2D eigenvalue weighted by molar-refractivity contribution is 0.0698. The van der Waals surface area contributed by atoms with Gasteiger partial charge in [0.1, 0.15) is 10.4 Å². The number of carbonyl (C=O) groups is 1. The Labute approximate surface area is 107 Å². The van der Waals surface area contributed by atoms with Crippen LogP contribution in [0.25, 0.3) is 5.52 Å². The maximum Gasteiger partial charge on any atom is 0.337 e. The molecule has 5 heteroatoms. The van der Waals surface area contributed by atoms with Gasteiger partial charge in [-0.2, -0.15) is 0 Å². The van der Waals surface area contributed by atoms with Crippen LogP contribution in [0, 0.1) is 0 Å². The summed E-state index contributed by atoms with van der Waals surface area (Å²) >= 11 is 3.33. The Morgan fingerprint density at radius 2 is 2.12 bits per heavy atom. The number of nitrogens with zero attached hydrogens (tertiary/aromatic N) is 2. The number of carboxylic acids is 1. The smallest absolute Gasteiger partial charge is 0.337 e. The highest BCUT2D eigenvalue weighted by Crippen LogP contribution is 2.29. The van der Waals surface area contributed by atoms with Gasteiger partial charge in [0.15, 0.2) is 0 Å². The molecule has 4 nitrogen and oxygen atoms in total. The molecule has 0 aliphatic carbocycles. The molecule has 2 aromatic heterocycles. The fraction of sp³-hybridized carbons (Fsp3) is 0.333. The van der Waals surface area contributed by atoms with Gasteiger partial charge in [-0.15, -0.1) is 0 Å². The molecule has 0 aliphatic rings. The highest BCUT2D eigenvalue weighted by molar-refractivity contribution is 9.10. The first kappa shape index (κ1) is 12.1. The van der Waals surface area contributed by atoms with Gasteiger partial charge in [-0.25, -0.2) is 9.78 Å². The molecule has 0 unspecified atom stereocenters. The topological polar surface area (TPSA) is 54.6 Å². The van der Waals surface area contributed by atoms with Crippen molar-refractivity contribution in [3.8, 4) is 0 Å². The number of carboxylic acid groups (broad SMARTS) is 1. The Hall–Kier alpha value is -1.36. The Morgan fingerprint density at radius 1 is 1.47 bits per heavy atom. The number of hydrogen-bond acceptors (Lipinski definition) is 2. The van der Waals surface area contributed by atoms with Gasteiger partial charge in [0.25, 0.3) is 0 Å². The number of pyridine rings is 1. The molecule has 0 saturated carbocycles. The van der Waals surface area contributed by atoms with Crippen LogP contribution >= 0.6 is 15.9 Å². The third kappa shape index (κ3) is 1.95. The van der Waals surface area contributed by atoms with E-state index in [2.05, 4.69) is 20.9 Å². The maximum absolute atomic E-state index is 11.2. The van der Waals surface area contributed by atoms with Crippen LogP contribution in [0.1, 0.15) is 37.0 Å². The van der Waals surface area contributed by atoms with Gasteiger partial charge in [0, 0.05) is 11.6 Å². The van der Waals surface area contributed by atoms with E-state index in [9.17, 15) is 4.79 Å². The third-order valence-electron chi connectivity index (χ3n) is 2.52. The zero-order valence-electron chi connectivity index (χ0n) is 9.86. The van der Waals surface area contributed by atoms with Crippen molar-refractivity contribution in [2.45, 2.75) is 26.2 Å². The van der Waals surface area contributed by atoms with Crippen LogP contribution in [0.2, 0.25) is 0 Å². The molecule has 2 rings (SSSR count). The van der Waals surface area contributed by atoms with Crippen molar-refractivity contribution < 1.29 is 9.90 Å². The second-order valence-corrected chi connectivity index (χ2v) is 5.67. The summed E-state index contributed by atoms with van der Waals surface area (Å²) in [6.45, 7) is 6.13. The molecule has 0 amide bonds. The van der Waals surface area contributed by atoms with Crippen LogP contribution in [-0.2, 0) is 5.41 Å². The summed E-state index contributed by atoms with van der Waals surface area (Å²) in [7, 11) is 0. The molecule has 0 fully saturated rings. The summed E-state index contributed by atoms with van der Waals surface area (Å²) in [5, 5.41) is 9.16. The van der Waals surface area contributed by atoms with Gasteiger partial charge in [-0.1, -0.05) is 20.8 Å². The summed E-state index contributed by atoms with van der Waals surface area (Å²) < 4.78 is 2.40. The minimum absolute atomic E-state index is 0.147. The Bertz CT molecular complexity index is 596. The van der Waals surface area contributed by atoms with Gasteiger partial charge in [-0.05, 0) is 28.1 Å². The van der Waals surface area contributed by atoms with E-state index in [1.165, 1.54) is 0 Å². The van der Waals surface area contributed by atoms with Crippen LogP contribution in [-0.4, -0.2) is 20.5 Å². The van der Waals surface area contributed by atoms with Crippen molar-refractivity contribution >= 4 is 27.4 Å². The lowest BCUT2D eigenvalue weighted by Crippen LogP contribution is -2.16. The zero-order chi connectivity index (χ0) is 12.8. The number of hydrogen-bond donors (Lipinski definition) is 1. The molecule has 0 saturated heterocycles. The second kappa shape index (κ2) is 3.84. The SMILES string of the molecule is CC(C)(C)c1nc(Br)c2c(C(=O)O)cccn12. The van der Waals surface area contributed by atoms with E-state index in [0.717, 1.165) is 5.82 Å². The number of imidazole rings is 1. The molecule has 2 heterocycles. The Kier molecular flexibility index (Phi) is 2.73. The van der Waals surface area contributed by atoms with Crippen LogP contribution < -0.4 is 0 Å². The first-order valence-electron chi connectivity index (χ1n) is 5.22. The first-order valence-corrected chi connectivity index (χ1v) is 6.02. The van der Waals surface area contributed by atoms with Crippen LogP contribution in [0.4, 0.5) is 0 Å². The molecular formula is C12H13BrN2O2. The summed E-state index contributed by atoms with van der Waals surface area (Å²) in [5.74, 6) is -0.112. The molecule has 0 aliphatic heterocycles. The molecule has 0 radical (unpaired) electrons. The average Bonchev–Trinajstić information content (AvgIpc) is 2.56. The van der Waals surface area contributed by atoms with Gasteiger partial charge in [-0.3, -0.25) is 0 Å². The van der Waals surface area contributed by atoms with E-state index in [0.29, 0.717) is 10.1 Å². The van der Waals surface area contributed by atoms with Crippen LogP contribution in [0.3, 0.4) is 0 Å². The number of rotatable bonds is 1. The lowest BCUT2D eigenvalue weighted by Gasteiger charge is -2.16. The minimum atomic E-state index is -0.948. The van der Waals surface area contributed by atoms with Gasteiger partial charge in [0.05, 0.1) is 11.1 Å². The largest absolute Gasteiger partial charge is 0.478 e. The maximum atomic E-state index is 11.2. The van der Waals surface area contributed by atoms with E-state index in [4.69, 9.17) is 5.11 Å². The van der Waals surface area contributed by atoms with Crippen LogP contribution in [0.5, 0.6) is 0 Å². The second-order valence-electron chi connectivity index (χ2n) is 4.92. The molecule has 0 spiro atoms. The van der Waals surface area contributed by atoms with Crippen LogP contribution in [0.15, 0.2) is 22.9 Å². The predicted octanol–water partition coefficient (Wildman–Crippen LogP) is 3.09. The van der Waals surface area contributed by atoms with Crippen molar-refractivity contribution in [3.05, 3.63) is 34.3 Å². The number of aromatic nitrogens is 2. The third-order valence-corrected chi connectivity index (χ3v) is 3.08. The first-order chi connectivity index (χ1) is 7.82. The molecule has 90 valence electrons. The van der Waals surface area contributed by atoms with Gasteiger partial charge in [0.2, 0.25) is 0 Å². The molecular weight excluding hydrogens is 284 g/mol. The standard InChI is InChI=1S/C12H13BrN2O2/c1-12(2,3)11-14-9(13)8-7(10(16)17)5-4-6-15(8)11/h4-6H,1-3H3,(H,16,17). The minimum Gasteiger partial charge on any atom is -0.478 e. The molecule has 0 aromatic carbocycles. The van der Waals surface area contributed by atoms with Gasteiger partial charge < -0.3 is 9.51 Å². The highest BCUT2D eigenvalue weighted by Gasteiger charge is 2.24. The van der Waals surface area contributed by atoms with E-state index in [1.807, 2.05) is 31.4 Å². The lowest BCUT2D eigenvalue weighted by atomic mass is 9.96. The van der Waals surface area contributed by atoms with Crippen molar-refractivity contribution in [1.82, 2.24) is 9.38 Å². The van der Waals surface area contributed by atoms with Crippen molar-refractivity contribution in [2.24, 2.45) is 0 Å². The molecule has 17 heavy (non-hydrogen) atoms. The zero-order valence-corrected chi connectivity index (χ0v) is 11.4. The van der Waals surface area contributed by atoms with E-state index in [-0.39, 0.29) is 11.0 Å². The molecule has 1 N–H and O–H groups in total. The number of halogens is 1. The van der Waals surface area contributed by atoms with E-state index in [1.54, 1.807) is 12.1 Å². The van der Waals surface area contributed by atoms with Crippen molar-refractivity contribution in [3.63, 3.8) is 0 Å². The summed E-state index contributed by atoms with van der Waals surface area (Å²) in [5.41, 5.74) is 0.707.